The van der Waals surface area contributed by atoms with Gasteiger partial charge in [0.05, 0.1) is 25.3 Å². The van der Waals surface area contributed by atoms with Gasteiger partial charge in [-0.05, 0) is 31.9 Å². The number of aromatic nitrogens is 2. The molecule has 7 heteroatoms. The molecule has 23 heavy (non-hydrogen) atoms. The minimum atomic E-state index is 0. The summed E-state index contributed by atoms with van der Waals surface area (Å²) >= 11 is 0. The van der Waals surface area contributed by atoms with Gasteiger partial charge in [-0.25, -0.2) is 0 Å². The van der Waals surface area contributed by atoms with Crippen molar-refractivity contribution in [3.63, 3.8) is 0 Å². The van der Waals surface area contributed by atoms with Gasteiger partial charge in [-0.3, -0.25) is 0 Å². The largest absolute Gasteiger partial charge is 0.407 e. The van der Waals surface area contributed by atoms with Gasteiger partial charge in [-0.15, -0.1) is 17.5 Å². The molecule has 2 aromatic rings. The van der Waals surface area contributed by atoms with E-state index in [1.54, 1.807) is 0 Å². The van der Waals surface area contributed by atoms with Crippen LogP contribution in [0.1, 0.15) is 30.7 Å². The minimum Gasteiger partial charge on any atom is -0.407 e. The SMILES string of the molecule is CNCc1nnc(N[C@@H]2CCC[C@H]2OCc2ccccc2)o1.Cl. The van der Waals surface area contributed by atoms with Crippen LogP contribution in [0.15, 0.2) is 34.7 Å². The predicted molar refractivity (Wildman–Crippen MR) is 90.6 cm³/mol. The summed E-state index contributed by atoms with van der Waals surface area (Å²) in [5.41, 5.74) is 1.20. The van der Waals surface area contributed by atoms with Crippen LogP contribution in [0.4, 0.5) is 6.01 Å². The highest BCUT2D eigenvalue weighted by Gasteiger charge is 2.29. The molecule has 1 saturated carbocycles. The van der Waals surface area contributed by atoms with Crippen LogP contribution in [0.3, 0.4) is 0 Å². The fourth-order valence-electron chi connectivity index (χ4n) is 2.76. The summed E-state index contributed by atoms with van der Waals surface area (Å²) in [4.78, 5) is 0. The first-order valence-electron chi connectivity index (χ1n) is 7.74. The monoisotopic (exact) mass is 338 g/mol. The molecule has 1 aliphatic carbocycles. The third kappa shape index (κ3) is 4.92. The number of anilines is 1. The molecule has 1 aromatic heterocycles. The first-order valence-corrected chi connectivity index (χ1v) is 7.74. The number of rotatable bonds is 7. The van der Waals surface area contributed by atoms with Crippen LogP contribution in [0, 0.1) is 0 Å². The van der Waals surface area contributed by atoms with Crippen molar-refractivity contribution in [2.45, 2.75) is 44.6 Å². The van der Waals surface area contributed by atoms with E-state index < -0.39 is 0 Å². The first kappa shape index (κ1) is 17.7. The molecule has 1 aromatic carbocycles. The van der Waals surface area contributed by atoms with Crippen LogP contribution >= 0.6 is 12.4 Å². The van der Waals surface area contributed by atoms with Gasteiger partial charge in [0.25, 0.3) is 0 Å². The molecule has 1 fully saturated rings. The van der Waals surface area contributed by atoms with E-state index in [1.807, 2.05) is 25.2 Å². The molecule has 2 atom stereocenters. The minimum absolute atomic E-state index is 0. The molecule has 0 unspecified atom stereocenters. The van der Waals surface area contributed by atoms with Gasteiger partial charge in [0.2, 0.25) is 5.89 Å². The van der Waals surface area contributed by atoms with Crippen LogP contribution in [0.2, 0.25) is 0 Å². The molecule has 6 nitrogen and oxygen atoms in total. The fourth-order valence-corrected chi connectivity index (χ4v) is 2.76. The molecule has 3 rings (SSSR count). The summed E-state index contributed by atoms with van der Waals surface area (Å²) in [5.74, 6) is 0.588. The lowest BCUT2D eigenvalue weighted by molar-refractivity contribution is 0.0390. The second kappa shape index (κ2) is 8.86. The quantitative estimate of drug-likeness (QED) is 0.808. The third-order valence-corrected chi connectivity index (χ3v) is 3.86. The topological polar surface area (TPSA) is 72.2 Å². The molecule has 126 valence electrons. The van der Waals surface area contributed by atoms with Crippen LogP contribution in [-0.2, 0) is 17.9 Å². The van der Waals surface area contributed by atoms with E-state index in [0.29, 0.717) is 25.1 Å². The summed E-state index contributed by atoms with van der Waals surface area (Å²) in [6, 6.07) is 11.0. The zero-order chi connectivity index (χ0) is 15.2. The Kier molecular flexibility index (Phi) is 6.83. The van der Waals surface area contributed by atoms with Gasteiger partial charge in [0.1, 0.15) is 0 Å². The predicted octanol–water partition coefficient (Wildman–Crippen LogP) is 2.76. The third-order valence-electron chi connectivity index (χ3n) is 3.86. The molecular weight excluding hydrogens is 316 g/mol. The van der Waals surface area contributed by atoms with Crippen molar-refractivity contribution in [3.05, 3.63) is 41.8 Å². The molecule has 0 radical (unpaired) electrons. The van der Waals surface area contributed by atoms with Crippen molar-refractivity contribution < 1.29 is 9.15 Å². The number of benzene rings is 1. The molecule has 1 heterocycles. The second-order valence-electron chi connectivity index (χ2n) is 5.55. The van der Waals surface area contributed by atoms with Crippen LogP contribution in [-0.4, -0.2) is 29.4 Å². The lowest BCUT2D eigenvalue weighted by Crippen LogP contribution is -2.30. The molecule has 0 saturated heterocycles. The standard InChI is InChI=1S/C16H22N4O2.ClH/c1-17-10-15-19-20-16(22-15)18-13-8-5-9-14(13)21-11-12-6-3-2-4-7-12;/h2-4,6-7,13-14,17H,5,8-11H2,1H3,(H,18,20);1H/t13-,14-;/m1./s1. The van der Waals surface area contributed by atoms with E-state index in [4.69, 9.17) is 9.15 Å². The maximum atomic E-state index is 6.06. The lowest BCUT2D eigenvalue weighted by Gasteiger charge is -2.20. The highest BCUT2D eigenvalue weighted by molar-refractivity contribution is 5.85. The van der Waals surface area contributed by atoms with Crippen molar-refractivity contribution in [3.8, 4) is 0 Å². The summed E-state index contributed by atoms with van der Waals surface area (Å²) in [6.07, 6.45) is 3.44. The van der Waals surface area contributed by atoms with E-state index in [1.165, 1.54) is 5.56 Å². The van der Waals surface area contributed by atoms with E-state index in [0.717, 1.165) is 19.3 Å². The average molecular weight is 339 g/mol. The smallest absolute Gasteiger partial charge is 0.315 e. The Labute approximate surface area is 142 Å². The zero-order valence-electron chi connectivity index (χ0n) is 13.2. The van der Waals surface area contributed by atoms with Crippen molar-refractivity contribution in [2.75, 3.05) is 12.4 Å². The molecular formula is C16H23ClN4O2. The Morgan fingerprint density at radius 2 is 2.04 bits per heavy atom. The second-order valence-corrected chi connectivity index (χ2v) is 5.55. The van der Waals surface area contributed by atoms with Crippen molar-refractivity contribution in [2.24, 2.45) is 0 Å². The molecule has 2 N–H and O–H groups in total. The number of ether oxygens (including phenoxy) is 1. The summed E-state index contributed by atoms with van der Waals surface area (Å²) < 4.78 is 11.6. The maximum absolute atomic E-state index is 6.06. The molecule has 0 amide bonds. The van der Waals surface area contributed by atoms with Gasteiger partial charge < -0.3 is 19.8 Å². The zero-order valence-corrected chi connectivity index (χ0v) is 14.0. The number of halogens is 1. The van der Waals surface area contributed by atoms with Crippen molar-refractivity contribution in [1.82, 2.24) is 15.5 Å². The highest BCUT2D eigenvalue weighted by atomic mass is 35.5. The number of nitrogens with zero attached hydrogens (tertiary/aromatic N) is 2. The Morgan fingerprint density at radius 3 is 2.83 bits per heavy atom. The average Bonchev–Trinajstić information content (AvgIpc) is 3.17. The number of hydrogen-bond donors (Lipinski definition) is 2. The molecule has 0 spiro atoms. The summed E-state index contributed by atoms with van der Waals surface area (Å²) in [5, 5.41) is 14.3. The van der Waals surface area contributed by atoms with E-state index in [2.05, 4.69) is 33.0 Å². The Balaban J connectivity index is 0.00000192. The molecule has 0 aliphatic heterocycles. The first-order chi connectivity index (χ1) is 10.8. The van der Waals surface area contributed by atoms with Crippen LogP contribution in [0.25, 0.3) is 0 Å². The van der Waals surface area contributed by atoms with Gasteiger partial charge >= 0.3 is 6.01 Å². The van der Waals surface area contributed by atoms with Gasteiger partial charge in [0, 0.05) is 0 Å². The Bertz CT molecular complexity index is 578. The number of hydrogen-bond acceptors (Lipinski definition) is 6. The highest BCUT2D eigenvalue weighted by Crippen LogP contribution is 2.26. The van der Waals surface area contributed by atoms with Gasteiger partial charge in [-0.1, -0.05) is 35.4 Å². The molecule has 0 bridgehead atoms. The Hall–Kier alpha value is -1.63. The lowest BCUT2D eigenvalue weighted by atomic mass is 10.2. The van der Waals surface area contributed by atoms with E-state index >= 15 is 0 Å². The molecule has 1 aliphatic rings. The van der Waals surface area contributed by atoms with Crippen LogP contribution in [0.5, 0.6) is 0 Å². The van der Waals surface area contributed by atoms with Crippen molar-refractivity contribution in [1.29, 1.82) is 0 Å². The summed E-state index contributed by atoms with van der Waals surface area (Å²) in [6.45, 7) is 1.21. The normalized spacial score (nSPS) is 20.2. The fraction of sp³-hybridized carbons (Fsp3) is 0.500. The Morgan fingerprint density at radius 1 is 1.22 bits per heavy atom. The van der Waals surface area contributed by atoms with Crippen LogP contribution < -0.4 is 10.6 Å². The summed E-state index contributed by atoms with van der Waals surface area (Å²) in [7, 11) is 1.85. The van der Waals surface area contributed by atoms with E-state index in [-0.39, 0.29) is 24.6 Å². The van der Waals surface area contributed by atoms with Gasteiger partial charge in [0.15, 0.2) is 0 Å². The van der Waals surface area contributed by atoms with Crippen molar-refractivity contribution >= 4 is 18.4 Å². The number of nitrogens with one attached hydrogen (secondary N) is 2. The van der Waals surface area contributed by atoms with E-state index in [9.17, 15) is 0 Å². The van der Waals surface area contributed by atoms with Gasteiger partial charge in [-0.2, -0.15) is 0 Å². The maximum Gasteiger partial charge on any atom is 0.315 e.